The lowest BCUT2D eigenvalue weighted by atomic mass is 9.95. The Kier molecular flexibility index (Phi) is 3.29. The average molecular weight is 262 g/mol. The van der Waals surface area contributed by atoms with Gasteiger partial charge in [0.15, 0.2) is 0 Å². The molecule has 1 amide bonds. The Bertz CT molecular complexity index is 456. The number of hydrogen-bond acceptors (Lipinski definition) is 3. The molecule has 1 aromatic rings. The van der Waals surface area contributed by atoms with Crippen LogP contribution < -0.4 is 0 Å². The second-order valence-electron chi connectivity index (χ2n) is 6.08. The Morgan fingerprint density at radius 2 is 1.95 bits per heavy atom. The predicted molar refractivity (Wildman–Crippen MR) is 71.7 cm³/mol. The highest BCUT2D eigenvalue weighted by Gasteiger charge is 2.32. The minimum absolute atomic E-state index is 0.103. The molecule has 0 spiro atoms. The number of rotatable bonds is 3. The molecule has 1 aliphatic carbocycles. The lowest BCUT2D eigenvalue weighted by molar-refractivity contribution is -0.135. The maximum Gasteiger partial charge on any atom is 0.225 e. The van der Waals surface area contributed by atoms with Crippen molar-refractivity contribution in [1.82, 2.24) is 19.7 Å². The summed E-state index contributed by atoms with van der Waals surface area (Å²) in [7, 11) is 0. The second kappa shape index (κ2) is 4.94. The first-order valence-electron chi connectivity index (χ1n) is 7.35. The minimum atomic E-state index is 0.103. The molecule has 1 aliphatic heterocycles. The fourth-order valence-electron chi connectivity index (χ4n) is 2.90. The first-order chi connectivity index (χ1) is 9.16. The van der Waals surface area contributed by atoms with Crippen molar-refractivity contribution in [3.8, 4) is 0 Å². The van der Waals surface area contributed by atoms with E-state index in [4.69, 9.17) is 0 Å². The van der Waals surface area contributed by atoms with E-state index in [1.807, 2.05) is 25.1 Å². The van der Waals surface area contributed by atoms with Crippen LogP contribution in [-0.2, 0) is 4.79 Å². The third-order valence-corrected chi connectivity index (χ3v) is 4.21. The van der Waals surface area contributed by atoms with Crippen LogP contribution in [0.3, 0.4) is 0 Å². The Morgan fingerprint density at radius 3 is 2.53 bits per heavy atom. The van der Waals surface area contributed by atoms with Crippen molar-refractivity contribution >= 4 is 5.91 Å². The summed E-state index contributed by atoms with van der Waals surface area (Å²) in [6, 6.07) is 0.639. The van der Waals surface area contributed by atoms with Gasteiger partial charge in [0.25, 0.3) is 0 Å². The van der Waals surface area contributed by atoms with E-state index in [1.54, 1.807) is 0 Å². The van der Waals surface area contributed by atoms with Crippen LogP contribution in [0.25, 0.3) is 0 Å². The normalized spacial score (nSPS) is 21.1. The number of nitrogens with zero attached hydrogens (tertiary/aromatic N) is 4. The van der Waals surface area contributed by atoms with Crippen molar-refractivity contribution in [3.63, 3.8) is 0 Å². The smallest absolute Gasteiger partial charge is 0.225 e. The summed E-state index contributed by atoms with van der Waals surface area (Å²) in [6.07, 6.45) is 6.43. The quantitative estimate of drug-likeness (QED) is 0.837. The van der Waals surface area contributed by atoms with Gasteiger partial charge in [-0.3, -0.25) is 4.79 Å². The van der Waals surface area contributed by atoms with Crippen LogP contribution in [0.15, 0.2) is 6.33 Å². The maximum absolute atomic E-state index is 12.0. The first kappa shape index (κ1) is 12.6. The zero-order valence-electron chi connectivity index (χ0n) is 11.7. The molecule has 5 heteroatoms. The molecule has 19 heavy (non-hydrogen) atoms. The topological polar surface area (TPSA) is 51.0 Å². The SMILES string of the molecule is CC(C)C(=O)N1CCC(c2nncn2C2CC2)CC1. The molecule has 1 aromatic heterocycles. The van der Waals surface area contributed by atoms with Gasteiger partial charge >= 0.3 is 0 Å². The van der Waals surface area contributed by atoms with E-state index in [1.165, 1.54) is 12.8 Å². The summed E-state index contributed by atoms with van der Waals surface area (Å²) in [6.45, 7) is 5.66. The summed E-state index contributed by atoms with van der Waals surface area (Å²) in [5.74, 6) is 1.99. The Balaban J connectivity index is 1.63. The highest BCUT2D eigenvalue weighted by molar-refractivity contribution is 5.78. The van der Waals surface area contributed by atoms with Gasteiger partial charge in [0, 0.05) is 31.0 Å². The molecule has 5 nitrogen and oxygen atoms in total. The highest BCUT2D eigenvalue weighted by Crippen LogP contribution is 2.38. The summed E-state index contributed by atoms with van der Waals surface area (Å²) < 4.78 is 2.25. The molecule has 104 valence electrons. The molecule has 0 unspecified atom stereocenters. The molecule has 0 aromatic carbocycles. The van der Waals surface area contributed by atoms with E-state index >= 15 is 0 Å². The molecule has 2 aliphatic rings. The van der Waals surface area contributed by atoms with Crippen LogP contribution in [0.5, 0.6) is 0 Å². The molecular weight excluding hydrogens is 240 g/mol. The monoisotopic (exact) mass is 262 g/mol. The molecule has 0 atom stereocenters. The van der Waals surface area contributed by atoms with Gasteiger partial charge < -0.3 is 9.47 Å². The van der Waals surface area contributed by atoms with Crippen molar-refractivity contribution in [2.45, 2.75) is 51.5 Å². The third-order valence-electron chi connectivity index (χ3n) is 4.21. The van der Waals surface area contributed by atoms with Crippen LogP contribution in [0.4, 0.5) is 0 Å². The van der Waals surface area contributed by atoms with E-state index in [0.717, 1.165) is 31.8 Å². The highest BCUT2D eigenvalue weighted by atomic mass is 16.2. The van der Waals surface area contributed by atoms with E-state index < -0.39 is 0 Å². The minimum Gasteiger partial charge on any atom is -0.342 e. The first-order valence-corrected chi connectivity index (χ1v) is 7.35. The van der Waals surface area contributed by atoms with Gasteiger partial charge in [-0.05, 0) is 25.7 Å². The summed E-state index contributed by atoms with van der Waals surface area (Å²) in [5.41, 5.74) is 0. The second-order valence-corrected chi connectivity index (χ2v) is 6.08. The van der Waals surface area contributed by atoms with Crippen LogP contribution in [0.1, 0.15) is 57.3 Å². The zero-order chi connectivity index (χ0) is 13.4. The van der Waals surface area contributed by atoms with Crippen LogP contribution >= 0.6 is 0 Å². The molecule has 0 radical (unpaired) electrons. The van der Waals surface area contributed by atoms with E-state index in [9.17, 15) is 4.79 Å². The van der Waals surface area contributed by atoms with E-state index in [2.05, 4.69) is 14.8 Å². The summed E-state index contributed by atoms with van der Waals surface area (Å²) >= 11 is 0. The zero-order valence-corrected chi connectivity index (χ0v) is 11.7. The average Bonchev–Trinajstić information content (AvgIpc) is 3.15. The lowest BCUT2D eigenvalue weighted by Gasteiger charge is -2.32. The number of aromatic nitrogens is 3. The van der Waals surface area contributed by atoms with Crippen LogP contribution in [-0.4, -0.2) is 38.7 Å². The summed E-state index contributed by atoms with van der Waals surface area (Å²) in [5, 5.41) is 8.39. The van der Waals surface area contributed by atoms with Crippen molar-refractivity contribution in [1.29, 1.82) is 0 Å². The standard InChI is InChI=1S/C14H22N4O/c1-10(2)14(19)17-7-5-11(6-8-17)13-16-15-9-18(13)12-3-4-12/h9-12H,3-8H2,1-2H3. The maximum atomic E-state index is 12.0. The lowest BCUT2D eigenvalue weighted by Crippen LogP contribution is -2.40. The molecule has 1 saturated heterocycles. The molecule has 2 fully saturated rings. The van der Waals surface area contributed by atoms with Gasteiger partial charge in [0.2, 0.25) is 5.91 Å². The van der Waals surface area contributed by atoms with Crippen molar-refractivity contribution in [2.75, 3.05) is 13.1 Å². The number of carbonyl (C=O) groups is 1. The fraction of sp³-hybridized carbons (Fsp3) is 0.786. The van der Waals surface area contributed by atoms with Crippen LogP contribution in [0.2, 0.25) is 0 Å². The van der Waals surface area contributed by atoms with Gasteiger partial charge in [0.1, 0.15) is 12.2 Å². The molecule has 1 saturated carbocycles. The predicted octanol–water partition coefficient (Wildman–Crippen LogP) is 1.97. The van der Waals surface area contributed by atoms with Gasteiger partial charge in [-0.15, -0.1) is 10.2 Å². The van der Waals surface area contributed by atoms with Gasteiger partial charge in [-0.2, -0.15) is 0 Å². The Hall–Kier alpha value is -1.39. The Morgan fingerprint density at radius 1 is 1.26 bits per heavy atom. The molecule has 3 rings (SSSR count). The van der Waals surface area contributed by atoms with Gasteiger partial charge in [0.05, 0.1) is 0 Å². The van der Waals surface area contributed by atoms with Crippen molar-refractivity contribution in [3.05, 3.63) is 12.2 Å². The van der Waals surface area contributed by atoms with E-state index in [-0.39, 0.29) is 11.8 Å². The van der Waals surface area contributed by atoms with Crippen molar-refractivity contribution < 1.29 is 4.79 Å². The number of hydrogen-bond donors (Lipinski definition) is 0. The summed E-state index contributed by atoms with van der Waals surface area (Å²) in [4.78, 5) is 14.0. The van der Waals surface area contributed by atoms with Gasteiger partial charge in [-0.25, -0.2) is 0 Å². The molecule has 2 heterocycles. The largest absolute Gasteiger partial charge is 0.342 e. The Labute approximate surface area is 114 Å². The number of piperidine rings is 1. The van der Waals surface area contributed by atoms with Crippen molar-refractivity contribution in [2.24, 2.45) is 5.92 Å². The molecular formula is C14H22N4O. The van der Waals surface area contributed by atoms with Crippen LogP contribution in [0, 0.1) is 5.92 Å². The molecule has 0 N–H and O–H groups in total. The number of carbonyl (C=O) groups excluding carboxylic acids is 1. The fourth-order valence-corrected chi connectivity index (χ4v) is 2.90. The molecule has 0 bridgehead atoms. The van der Waals surface area contributed by atoms with Gasteiger partial charge in [-0.1, -0.05) is 13.8 Å². The number of amides is 1. The van der Waals surface area contributed by atoms with E-state index in [0.29, 0.717) is 12.0 Å². The third kappa shape index (κ3) is 2.51. The number of likely N-dealkylation sites (tertiary alicyclic amines) is 1.